The van der Waals surface area contributed by atoms with Crippen molar-refractivity contribution >= 4 is 17.4 Å². The Labute approximate surface area is 247 Å². The summed E-state index contributed by atoms with van der Waals surface area (Å²) in [6.07, 6.45) is -2.05. The van der Waals surface area contributed by atoms with Gasteiger partial charge in [0.05, 0.1) is 31.5 Å². The Balaban J connectivity index is 1.34. The molecule has 1 fully saturated rings. The molecule has 5 rings (SSSR count). The molecule has 1 atom stereocenters. The first-order valence-corrected chi connectivity index (χ1v) is 13.1. The molecule has 0 spiro atoms. The molecule has 1 aliphatic heterocycles. The van der Waals surface area contributed by atoms with Gasteiger partial charge in [-0.3, -0.25) is 9.69 Å². The lowest BCUT2D eigenvalue weighted by atomic mass is 10.2. The molecule has 0 aliphatic carbocycles. The summed E-state index contributed by atoms with van der Waals surface area (Å²) in [7, 11) is 0. The number of morpholine rings is 1. The first kappa shape index (κ1) is 30.4. The molecule has 3 N–H and O–H groups in total. The average Bonchev–Trinajstić information content (AvgIpc) is 3.43. The highest BCUT2D eigenvalue weighted by Crippen LogP contribution is 2.35. The Morgan fingerprint density at radius 2 is 1.98 bits per heavy atom. The zero-order chi connectivity index (χ0) is 31.4. The van der Waals surface area contributed by atoms with E-state index in [2.05, 4.69) is 37.1 Å². The van der Waals surface area contributed by atoms with Crippen molar-refractivity contribution in [1.29, 1.82) is 0 Å². The Morgan fingerprint density at radius 3 is 2.70 bits per heavy atom. The normalized spacial score (nSPS) is 15.4. The number of ether oxygens (including phenoxy) is 2. The summed E-state index contributed by atoms with van der Waals surface area (Å²) < 4.78 is 82.4. The maximum Gasteiger partial charge on any atom is 0.434 e. The van der Waals surface area contributed by atoms with E-state index in [1.807, 2.05) is 6.92 Å². The van der Waals surface area contributed by atoms with E-state index in [9.17, 15) is 22.4 Å². The quantitative estimate of drug-likeness (QED) is 0.238. The number of nitrogens with two attached hydrogens (primary N) is 1. The number of carbonyl (C=O) groups excluding carboxylic acids is 1. The Morgan fingerprint density at radius 1 is 1.16 bits per heavy atom. The summed E-state index contributed by atoms with van der Waals surface area (Å²) in [5.74, 6) is 1.85. The topological polar surface area (TPSA) is 120 Å². The van der Waals surface area contributed by atoms with E-state index >= 15 is 4.39 Å². The van der Waals surface area contributed by atoms with E-state index in [1.165, 1.54) is 30.5 Å². The number of nitrogen functional groups attached to an aromatic ring is 1. The maximum absolute atomic E-state index is 15.1. The van der Waals surface area contributed by atoms with Crippen molar-refractivity contribution in [3.63, 3.8) is 0 Å². The van der Waals surface area contributed by atoms with Gasteiger partial charge >= 0.3 is 6.18 Å². The third-order valence-electron chi connectivity index (χ3n) is 6.57. The minimum Gasteiger partial charge on any atom is -0.453 e. The van der Waals surface area contributed by atoms with Crippen LogP contribution < -0.4 is 15.8 Å². The van der Waals surface area contributed by atoms with Gasteiger partial charge in [-0.25, -0.2) is 23.4 Å². The second-order valence-electron chi connectivity index (χ2n) is 9.59. The third kappa shape index (κ3) is 6.61. The number of nitrogens with one attached hydrogen (secondary N) is 1. The predicted octanol–water partition coefficient (Wildman–Crippen LogP) is 4.66. The molecular formula is C29H24F5N7O3. The molecule has 44 heavy (non-hydrogen) atoms. The van der Waals surface area contributed by atoms with Gasteiger partial charge in [-0.15, -0.1) is 0 Å². The largest absolute Gasteiger partial charge is 0.453 e. The van der Waals surface area contributed by atoms with Crippen LogP contribution in [0.3, 0.4) is 0 Å². The van der Waals surface area contributed by atoms with E-state index in [0.29, 0.717) is 26.0 Å². The van der Waals surface area contributed by atoms with Gasteiger partial charge in [0.1, 0.15) is 17.1 Å². The van der Waals surface area contributed by atoms with Crippen molar-refractivity contribution in [2.45, 2.75) is 19.1 Å². The molecule has 1 saturated heterocycles. The fourth-order valence-electron chi connectivity index (χ4n) is 4.36. The minimum absolute atomic E-state index is 0.0703. The summed E-state index contributed by atoms with van der Waals surface area (Å²) in [4.78, 5) is 22.6. The van der Waals surface area contributed by atoms with Crippen LogP contribution in [0.5, 0.6) is 11.5 Å². The molecule has 0 saturated carbocycles. The highest BCUT2D eigenvalue weighted by Gasteiger charge is 2.41. The minimum atomic E-state index is -5.11. The highest BCUT2D eigenvalue weighted by molar-refractivity contribution is 6.05. The summed E-state index contributed by atoms with van der Waals surface area (Å²) in [6, 6.07) is 6.99. The van der Waals surface area contributed by atoms with E-state index < -0.39 is 40.8 Å². The fourth-order valence-corrected chi connectivity index (χ4v) is 4.36. The van der Waals surface area contributed by atoms with E-state index in [1.54, 1.807) is 0 Å². The van der Waals surface area contributed by atoms with Crippen LogP contribution in [0.2, 0.25) is 0 Å². The van der Waals surface area contributed by atoms with Gasteiger partial charge in [-0.2, -0.15) is 18.3 Å². The molecule has 4 heterocycles. The first-order valence-electron chi connectivity index (χ1n) is 13.1. The molecule has 228 valence electrons. The first-order chi connectivity index (χ1) is 21.0. The number of rotatable bonds is 6. The number of anilines is 2. The van der Waals surface area contributed by atoms with Crippen molar-refractivity contribution < 1.29 is 36.2 Å². The molecule has 3 aromatic heterocycles. The maximum atomic E-state index is 15.1. The standard InChI is InChI=1S/C29H24F5N7O3/c1-17-16-43-13-12-40(17)11-3-4-19-23(8-10-36-26(19)35)44-24-7-6-18(14-22(24)31)39-28(42)20-15-38-41(25(20)29(32,33)34)27-21(30)5-2-9-37-27/h2,5-10,14-15,17H,11-13,16H2,1H3,(H2,35,36)(H,39,42)/t17-/m0/s1. The van der Waals surface area contributed by atoms with E-state index in [-0.39, 0.29) is 39.3 Å². The zero-order valence-corrected chi connectivity index (χ0v) is 23.0. The molecular weight excluding hydrogens is 589 g/mol. The van der Waals surface area contributed by atoms with Crippen LogP contribution in [0.4, 0.5) is 33.5 Å². The fraction of sp³-hybridized carbons (Fsp3) is 0.241. The second-order valence-corrected chi connectivity index (χ2v) is 9.59. The lowest BCUT2D eigenvalue weighted by Crippen LogP contribution is -2.43. The predicted molar refractivity (Wildman–Crippen MR) is 148 cm³/mol. The van der Waals surface area contributed by atoms with Crippen LogP contribution in [0.15, 0.2) is 55.0 Å². The molecule has 15 heteroatoms. The van der Waals surface area contributed by atoms with Gasteiger partial charge in [0.25, 0.3) is 5.91 Å². The van der Waals surface area contributed by atoms with Gasteiger partial charge in [0.15, 0.2) is 28.9 Å². The number of aromatic nitrogens is 4. The van der Waals surface area contributed by atoms with Crippen molar-refractivity contribution in [1.82, 2.24) is 24.6 Å². The number of hydrogen-bond acceptors (Lipinski definition) is 8. The van der Waals surface area contributed by atoms with Crippen molar-refractivity contribution in [2.75, 3.05) is 37.4 Å². The van der Waals surface area contributed by atoms with E-state index in [4.69, 9.17) is 15.2 Å². The number of hydrogen-bond donors (Lipinski definition) is 2. The lowest BCUT2D eigenvalue weighted by Gasteiger charge is -2.31. The Kier molecular flexibility index (Phi) is 8.74. The summed E-state index contributed by atoms with van der Waals surface area (Å²) in [5, 5.41) is 5.72. The number of amides is 1. The second kappa shape index (κ2) is 12.7. The summed E-state index contributed by atoms with van der Waals surface area (Å²) in [6.45, 7) is 4.38. The summed E-state index contributed by atoms with van der Waals surface area (Å²) in [5.41, 5.74) is 3.58. The lowest BCUT2D eigenvalue weighted by molar-refractivity contribution is -0.143. The van der Waals surface area contributed by atoms with Crippen LogP contribution in [-0.4, -0.2) is 62.9 Å². The van der Waals surface area contributed by atoms with Crippen LogP contribution in [-0.2, 0) is 10.9 Å². The molecule has 0 unspecified atom stereocenters. The van der Waals surface area contributed by atoms with E-state index in [0.717, 1.165) is 24.9 Å². The van der Waals surface area contributed by atoms with Gasteiger partial charge in [-0.05, 0) is 31.2 Å². The van der Waals surface area contributed by atoms with Crippen molar-refractivity contribution in [2.24, 2.45) is 0 Å². The van der Waals surface area contributed by atoms with Crippen molar-refractivity contribution in [3.05, 3.63) is 83.4 Å². The molecule has 1 aromatic carbocycles. The SMILES string of the molecule is C[C@H]1COCCN1CC#Cc1c(Oc2ccc(NC(=O)c3cnn(-c4ncccc4F)c3C(F)(F)F)cc2F)ccnc1N. The van der Waals surface area contributed by atoms with Gasteiger partial charge in [0.2, 0.25) is 0 Å². The number of nitrogens with zero attached hydrogens (tertiary/aromatic N) is 5. The van der Waals surface area contributed by atoms with Crippen LogP contribution in [0.25, 0.3) is 5.82 Å². The molecule has 10 nitrogen and oxygen atoms in total. The highest BCUT2D eigenvalue weighted by atomic mass is 19.4. The molecule has 4 aromatic rings. The number of benzene rings is 1. The molecule has 0 bridgehead atoms. The number of alkyl halides is 3. The summed E-state index contributed by atoms with van der Waals surface area (Å²) >= 11 is 0. The van der Waals surface area contributed by atoms with Crippen LogP contribution in [0.1, 0.15) is 28.5 Å². The monoisotopic (exact) mass is 613 g/mol. The van der Waals surface area contributed by atoms with Crippen molar-refractivity contribution in [3.8, 4) is 29.2 Å². The van der Waals surface area contributed by atoms with Gasteiger partial charge in [0, 0.05) is 42.8 Å². The smallest absolute Gasteiger partial charge is 0.434 e. The Hall–Kier alpha value is -5.07. The zero-order valence-electron chi connectivity index (χ0n) is 23.0. The van der Waals surface area contributed by atoms with Crippen LogP contribution >= 0.6 is 0 Å². The number of halogens is 5. The number of carbonyl (C=O) groups is 1. The van der Waals surface area contributed by atoms with Gasteiger partial charge < -0.3 is 20.5 Å². The number of pyridine rings is 2. The average molecular weight is 614 g/mol. The van der Waals surface area contributed by atoms with Crippen LogP contribution in [0, 0.1) is 23.5 Å². The third-order valence-corrected chi connectivity index (χ3v) is 6.57. The Bertz CT molecular complexity index is 1750. The van der Waals surface area contributed by atoms with Gasteiger partial charge in [-0.1, -0.05) is 11.8 Å². The molecule has 1 amide bonds. The molecule has 0 radical (unpaired) electrons. The molecule has 1 aliphatic rings.